The molecular formula is C14H24N2O2S. The highest BCUT2D eigenvalue weighted by molar-refractivity contribution is 7.99. The standard InChI is InChI=1S/C14H24N2O2S/c15-10-14(4-5-14)13(17)16(11-3-7-19-9-11)8-12-2-1-6-18-12/h11-12H,1-10,15H2. The van der Waals surface area contributed by atoms with Crippen LogP contribution in [0.3, 0.4) is 0 Å². The molecule has 5 heteroatoms. The molecule has 1 saturated carbocycles. The Labute approximate surface area is 119 Å². The van der Waals surface area contributed by atoms with Crippen LogP contribution in [0, 0.1) is 5.41 Å². The van der Waals surface area contributed by atoms with E-state index in [-0.39, 0.29) is 11.5 Å². The van der Waals surface area contributed by atoms with Crippen LogP contribution in [-0.4, -0.2) is 54.2 Å². The maximum absolute atomic E-state index is 12.8. The molecule has 19 heavy (non-hydrogen) atoms. The summed E-state index contributed by atoms with van der Waals surface area (Å²) in [5.74, 6) is 2.56. The minimum absolute atomic E-state index is 0.216. The van der Waals surface area contributed by atoms with Crippen LogP contribution in [0.15, 0.2) is 0 Å². The second-order valence-electron chi connectivity index (χ2n) is 6.09. The first-order chi connectivity index (χ1) is 9.25. The fraction of sp³-hybridized carbons (Fsp3) is 0.929. The third-order valence-electron chi connectivity index (χ3n) is 4.73. The monoisotopic (exact) mass is 284 g/mol. The van der Waals surface area contributed by atoms with Gasteiger partial charge in [-0.25, -0.2) is 0 Å². The molecule has 2 heterocycles. The van der Waals surface area contributed by atoms with Crippen molar-refractivity contribution < 1.29 is 9.53 Å². The average molecular weight is 284 g/mol. The smallest absolute Gasteiger partial charge is 0.230 e. The summed E-state index contributed by atoms with van der Waals surface area (Å²) >= 11 is 1.96. The van der Waals surface area contributed by atoms with Crippen molar-refractivity contribution in [1.82, 2.24) is 4.90 Å². The van der Waals surface area contributed by atoms with Crippen molar-refractivity contribution in [3.05, 3.63) is 0 Å². The normalized spacial score (nSPS) is 32.5. The van der Waals surface area contributed by atoms with Gasteiger partial charge in [0.15, 0.2) is 0 Å². The number of rotatable bonds is 5. The first-order valence-corrected chi connectivity index (χ1v) is 8.61. The van der Waals surface area contributed by atoms with Crippen LogP contribution in [-0.2, 0) is 9.53 Å². The summed E-state index contributed by atoms with van der Waals surface area (Å²) in [6.07, 6.45) is 5.56. The van der Waals surface area contributed by atoms with Gasteiger partial charge in [0.1, 0.15) is 0 Å². The Kier molecular flexibility index (Phi) is 4.06. The Morgan fingerprint density at radius 3 is 2.79 bits per heavy atom. The number of hydrogen-bond donors (Lipinski definition) is 1. The van der Waals surface area contributed by atoms with E-state index in [0.29, 0.717) is 18.5 Å². The zero-order chi connectivity index (χ0) is 13.3. The molecule has 2 atom stereocenters. The summed E-state index contributed by atoms with van der Waals surface area (Å²) in [5, 5.41) is 0. The Morgan fingerprint density at radius 1 is 1.42 bits per heavy atom. The molecule has 0 aromatic rings. The largest absolute Gasteiger partial charge is 0.376 e. The number of carbonyl (C=O) groups is 1. The topological polar surface area (TPSA) is 55.6 Å². The number of amides is 1. The molecule has 2 aliphatic heterocycles. The van der Waals surface area contributed by atoms with Crippen molar-refractivity contribution in [1.29, 1.82) is 0 Å². The number of nitrogens with zero attached hydrogens (tertiary/aromatic N) is 1. The van der Waals surface area contributed by atoms with Gasteiger partial charge >= 0.3 is 0 Å². The number of hydrogen-bond acceptors (Lipinski definition) is 4. The van der Waals surface area contributed by atoms with Crippen molar-refractivity contribution in [2.24, 2.45) is 11.1 Å². The van der Waals surface area contributed by atoms with E-state index in [1.54, 1.807) is 0 Å². The van der Waals surface area contributed by atoms with Crippen LogP contribution in [0.5, 0.6) is 0 Å². The molecule has 2 N–H and O–H groups in total. The Balaban J connectivity index is 1.69. The second-order valence-corrected chi connectivity index (χ2v) is 7.24. The molecule has 0 bridgehead atoms. The van der Waals surface area contributed by atoms with Crippen molar-refractivity contribution in [3.8, 4) is 0 Å². The van der Waals surface area contributed by atoms with Crippen molar-refractivity contribution in [3.63, 3.8) is 0 Å². The Morgan fingerprint density at radius 2 is 2.26 bits per heavy atom. The van der Waals surface area contributed by atoms with E-state index in [4.69, 9.17) is 10.5 Å². The molecule has 3 aliphatic rings. The van der Waals surface area contributed by atoms with E-state index in [2.05, 4.69) is 4.90 Å². The molecule has 1 amide bonds. The van der Waals surface area contributed by atoms with Gasteiger partial charge in [-0.1, -0.05) is 0 Å². The molecule has 0 radical (unpaired) electrons. The molecule has 3 fully saturated rings. The third kappa shape index (κ3) is 2.78. The molecule has 3 rings (SSSR count). The van der Waals surface area contributed by atoms with Gasteiger partial charge in [-0.2, -0.15) is 11.8 Å². The van der Waals surface area contributed by atoms with Gasteiger partial charge in [-0.15, -0.1) is 0 Å². The van der Waals surface area contributed by atoms with Crippen molar-refractivity contribution in [2.45, 2.75) is 44.2 Å². The Bertz CT molecular complexity index is 334. The minimum atomic E-state index is -0.216. The van der Waals surface area contributed by atoms with E-state index in [1.807, 2.05) is 11.8 Å². The van der Waals surface area contributed by atoms with Crippen LogP contribution in [0.4, 0.5) is 0 Å². The molecule has 1 aliphatic carbocycles. The van der Waals surface area contributed by atoms with Gasteiger partial charge in [0.25, 0.3) is 0 Å². The van der Waals surface area contributed by atoms with E-state index in [1.165, 1.54) is 5.75 Å². The number of carbonyl (C=O) groups excluding carboxylic acids is 1. The lowest BCUT2D eigenvalue weighted by Gasteiger charge is -2.33. The molecule has 0 aromatic carbocycles. The average Bonchev–Trinajstić information content (AvgIpc) is 2.84. The Hall–Kier alpha value is -0.260. The van der Waals surface area contributed by atoms with Crippen molar-refractivity contribution in [2.75, 3.05) is 31.2 Å². The lowest BCUT2D eigenvalue weighted by atomic mass is 10.0. The fourth-order valence-corrected chi connectivity index (χ4v) is 4.36. The van der Waals surface area contributed by atoms with Gasteiger partial charge in [0.2, 0.25) is 5.91 Å². The van der Waals surface area contributed by atoms with E-state index in [0.717, 1.165) is 51.0 Å². The summed E-state index contributed by atoms with van der Waals surface area (Å²) in [6.45, 7) is 2.15. The molecule has 4 nitrogen and oxygen atoms in total. The predicted molar refractivity (Wildman–Crippen MR) is 77.1 cm³/mol. The van der Waals surface area contributed by atoms with Gasteiger partial charge < -0.3 is 15.4 Å². The number of thioether (sulfide) groups is 1. The summed E-state index contributed by atoms with van der Waals surface area (Å²) in [6, 6.07) is 0.408. The van der Waals surface area contributed by atoms with Crippen LogP contribution >= 0.6 is 11.8 Å². The van der Waals surface area contributed by atoms with Crippen LogP contribution in [0.1, 0.15) is 32.1 Å². The zero-order valence-corrected chi connectivity index (χ0v) is 12.3. The maximum atomic E-state index is 12.8. The zero-order valence-electron chi connectivity index (χ0n) is 11.5. The maximum Gasteiger partial charge on any atom is 0.230 e. The summed E-state index contributed by atoms with van der Waals surface area (Å²) < 4.78 is 5.73. The van der Waals surface area contributed by atoms with E-state index < -0.39 is 0 Å². The van der Waals surface area contributed by atoms with Crippen molar-refractivity contribution >= 4 is 17.7 Å². The number of nitrogens with two attached hydrogens (primary N) is 1. The van der Waals surface area contributed by atoms with Crippen LogP contribution in [0.25, 0.3) is 0 Å². The molecule has 0 aromatic heterocycles. The molecule has 0 spiro atoms. The first-order valence-electron chi connectivity index (χ1n) is 7.46. The lowest BCUT2D eigenvalue weighted by molar-refractivity contribution is -0.140. The van der Waals surface area contributed by atoms with Crippen LogP contribution < -0.4 is 5.73 Å². The predicted octanol–water partition coefficient (Wildman–Crippen LogP) is 1.24. The fourth-order valence-electron chi connectivity index (χ4n) is 3.13. The van der Waals surface area contributed by atoms with Gasteiger partial charge in [-0.05, 0) is 37.9 Å². The summed E-state index contributed by atoms with van der Waals surface area (Å²) in [7, 11) is 0. The van der Waals surface area contributed by atoms with Gasteiger partial charge in [0, 0.05) is 31.5 Å². The lowest BCUT2D eigenvalue weighted by Crippen LogP contribution is -2.49. The quantitative estimate of drug-likeness (QED) is 0.825. The highest BCUT2D eigenvalue weighted by Crippen LogP contribution is 2.47. The highest BCUT2D eigenvalue weighted by Gasteiger charge is 2.52. The SMILES string of the molecule is NCC1(C(=O)N(CC2CCCO2)C2CCSC2)CC1. The molecule has 2 saturated heterocycles. The third-order valence-corrected chi connectivity index (χ3v) is 5.87. The second kappa shape index (κ2) is 5.62. The van der Waals surface area contributed by atoms with Gasteiger partial charge in [0.05, 0.1) is 11.5 Å². The first kappa shape index (κ1) is 13.7. The van der Waals surface area contributed by atoms with E-state index in [9.17, 15) is 4.79 Å². The summed E-state index contributed by atoms with van der Waals surface area (Å²) in [4.78, 5) is 14.9. The minimum Gasteiger partial charge on any atom is -0.376 e. The molecule has 2 unspecified atom stereocenters. The van der Waals surface area contributed by atoms with E-state index >= 15 is 0 Å². The van der Waals surface area contributed by atoms with Gasteiger partial charge in [-0.3, -0.25) is 4.79 Å². The highest BCUT2D eigenvalue weighted by atomic mass is 32.2. The van der Waals surface area contributed by atoms with Crippen LogP contribution in [0.2, 0.25) is 0 Å². The summed E-state index contributed by atoms with van der Waals surface area (Å²) in [5.41, 5.74) is 5.61. The number of ether oxygens (including phenoxy) is 1. The molecular weight excluding hydrogens is 260 g/mol. The molecule has 108 valence electrons.